The molecule has 1 amide bonds. The van der Waals surface area contributed by atoms with Crippen LogP contribution in [0.1, 0.15) is 19.3 Å². The topological polar surface area (TPSA) is 97.2 Å². The number of carbonyl (C=O) groups is 1. The van der Waals surface area contributed by atoms with Crippen molar-refractivity contribution in [3.63, 3.8) is 0 Å². The van der Waals surface area contributed by atoms with Gasteiger partial charge in [-0.15, -0.1) is 10.2 Å². The zero-order valence-electron chi connectivity index (χ0n) is 14.5. The summed E-state index contributed by atoms with van der Waals surface area (Å²) >= 11 is 1.28. The van der Waals surface area contributed by atoms with Crippen molar-refractivity contribution >= 4 is 33.4 Å². The summed E-state index contributed by atoms with van der Waals surface area (Å²) in [5.74, 6) is 0.00465. The smallest absolute Gasteiger partial charge is 0.243 e. The second-order valence-electron chi connectivity index (χ2n) is 6.05. The fourth-order valence-corrected chi connectivity index (χ4v) is 4.90. The molecule has 0 saturated carbocycles. The molecule has 0 spiro atoms. The molecule has 1 fully saturated rings. The quantitative estimate of drug-likeness (QED) is 0.748. The van der Waals surface area contributed by atoms with Gasteiger partial charge in [-0.05, 0) is 37.1 Å². The first-order valence-electron chi connectivity index (χ1n) is 8.34. The van der Waals surface area contributed by atoms with Gasteiger partial charge in [0.25, 0.3) is 0 Å². The summed E-state index contributed by atoms with van der Waals surface area (Å²) in [6.07, 6.45) is 4.44. The van der Waals surface area contributed by atoms with E-state index in [-0.39, 0.29) is 16.6 Å². The number of amides is 1. The molecule has 0 atom stereocenters. The molecule has 1 saturated heterocycles. The third-order valence-corrected chi connectivity index (χ3v) is 7.04. The van der Waals surface area contributed by atoms with E-state index in [0.29, 0.717) is 23.9 Å². The molecule has 1 aliphatic heterocycles. The van der Waals surface area contributed by atoms with E-state index in [1.54, 1.807) is 23.0 Å². The fourth-order valence-electron chi connectivity index (χ4n) is 2.70. The van der Waals surface area contributed by atoms with Gasteiger partial charge in [-0.2, -0.15) is 4.31 Å². The Bertz CT molecular complexity index is 858. The number of nitrogens with one attached hydrogen (secondary N) is 1. The largest absolute Gasteiger partial charge is 0.325 e. The summed E-state index contributed by atoms with van der Waals surface area (Å²) in [6.45, 7) is 1.14. The lowest BCUT2D eigenvalue weighted by molar-refractivity contribution is -0.113. The molecule has 0 radical (unpaired) electrons. The summed E-state index contributed by atoms with van der Waals surface area (Å²) in [7, 11) is -1.65. The second kappa shape index (κ2) is 8.19. The van der Waals surface area contributed by atoms with Crippen LogP contribution in [0.5, 0.6) is 0 Å². The number of benzene rings is 1. The Balaban J connectivity index is 1.58. The standard InChI is InChI=1S/C16H21N5O3S2/c1-20-12-17-19-16(20)25-11-15(22)18-13-5-7-14(8-6-13)26(23,24)21-9-3-2-4-10-21/h5-8,12H,2-4,9-11H2,1H3,(H,18,22). The number of aryl methyl sites for hydroxylation is 1. The molecular formula is C16H21N5O3S2. The van der Waals surface area contributed by atoms with Crippen LogP contribution < -0.4 is 5.32 Å². The van der Waals surface area contributed by atoms with Gasteiger partial charge in [0.2, 0.25) is 15.9 Å². The Labute approximate surface area is 157 Å². The third kappa shape index (κ3) is 4.43. The predicted molar refractivity (Wildman–Crippen MR) is 99.4 cm³/mol. The molecule has 3 rings (SSSR count). The van der Waals surface area contributed by atoms with E-state index in [0.717, 1.165) is 19.3 Å². The van der Waals surface area contributed by atoms with E-state index in [9.17, 15) is 13.2 Å². The van der Waals surface area contributed by atoms with Crippen LogP contribution in [-0.2, 0) is 21.9 Å². The van der Waals surface area contributed by atoms with Gasteiger partial charge in [0.1, 0.15) is 6.33 Å². The summed E-state index contributed by atoms with van der Waals surface area (Å²) < 4.78 is 28.5. The van der Waals surface area contributed by atoms with Crippen molar-refractivity contribution in [3.8, 4) is 0 Å². The van der Waals surface area contributed by atoms with Crippen LogP contribution in [-0.4, -0.2) is 52.2 Å². The number of hydrogen-bond donors (Lipinski definition) is 1. The minimum atomic E-state index is -3.45. The number of piperidine rings is 1. The molecule has 0 bridgehead atoms. The van der Waals surface area contributed by atoms with Gasteiger partial charge in [-0.25, -0.2) is 8.42 Å². The van der Waals surface area contributed by atoms with E-state index >= 15 is 0 Å². The molecule has 2 aromatic rings. The summed E-state index contributed by atoms with van der Waals surface area (Å²) in [5, 5.41) is 11.1. The number of thioether (sulfide) groups is 1. The molecule has 0 aliphatic carbocycles. The van der Waals surface area contributed by atoms with Gasteiger partial charge in [0, 0.05) is 25.8 Å². The van der Waals surface area contributed by atoms with Crippen LogP contribution in [0.25, 0.3) is 0 Å². The Kier molecular flexibility index (Phi) is 5.94. The number of sulfonamides is 1. The number of nitrogens with zero attached hydrogens (tertiary/aromatic N) is 4. The van der Waals surface area contributed by atoms with Crippen molar-refractivity contribution in [2.24, 2.45) is 7.05 Å². The SMILES string of the molecule is Cn1cnnc1SCC(=O)Nc1ccc(S(=O)(=O)N2CCCCC2)cc1. The first-order chi connectivity index (χ1) is 12.5. The molecule has 26 heavy (non-hydrogen) atoms. The van der Waals surface area contributed by atoms with Gasteiger partial charge in [-0.1, -0.05) is 18.2 Å². The third-order valence-electron chi connectivity index (χ3n) is 4.09. The van der Waals surface area contributed by atoms with Crippen LogP contribution in [0.3, 0.4) is 0 Å². The van der Waals surface area contributed by atoms with Gasteiger partial charge in [0.05, 0.1) is 10.6 Å². The Hall–Kier alpha value is -1.91. The van der Waals surface area contributed by atoms with Crippen LogP contribution in [0, 0.1) is 0 Å². The van der Waals surface area contributed by atoms with Gasteiger partial charge in [0.15, 0.2) is 5.16 Å². The lowest BCUT2D eigenvalue weighted by Gasteiger charge is -2.25. The van der Waals surface area contributed by atoms with E-state index in [1.807, 2.05) is 7.05 Å². The number of anilines is 1. The van der Waals surface area contributed by atoms with Crippen molar-refractivity contribution in [2.45, 2.75) is 29.3 Å². The number of rotatable bonds is 6. The van der Waals surface area contributed by atoms with Gasteiger partial charge >= 0.3 is 0 Å². The van der Waals surface area contributed by atoms with E-state index in [4.69, 9.17) is 0 Å². The summed E-state index contributed by atoms with van der Waals surface area (Å²) in [4.78, 5) is 12.3. The Morgan fingerprint density at radius 3 is 2.50 bits per heavy atom. The maximum Gasteiger partial charge on any atom is 0.243 e. The molecule has 1 aromatic carbocycles. The normalized spacial score (nSPS) is 15.7. The predicted octanol–water partition coefficient (Wildman–Crippen LogP) is 1.72. The number of hydrogen-bond acceptors (Lipinski definition) is 6. The van der Waals surface area contributed by atoms with Crippen molar-refractivity contribution in [3.05, 3.63) is 30.6 Å². The highest BCUT2D eigenvalue weighted by atomic mass is 32.2. The van der Waals surface area contributed by atoms with E-state index in [1.165, 1.54) is 28.2 Å². The highest BCUT2D eigenvalue weighted by Crippen LogP contribution is 2.22. The Morgan fingerprint density at radius 1 is 1.19 bits per heavy atom. The highest BCUT2D eigenvalue weighted by molar-refractivity contribution is 7.99. The minimum absolute atomic E-state index is 0.190. The zero-order valence-corrected chi connectivity index (χ0v) is 16.1. The Morgan fingerprint density at radius 2 is 1.88 bits per heavy atom. The highest BCUT2D eigenvalue weighted by Gasteiger charge is 2.25. The maximum absolute atomic E-state index is 12.6. The lowest BCUT2D eigenvalue weighted by Crippen LogP contribution is -2.35. The lowest BCUT2D eigenvalue weighted by atomic mass is 10.2. The molecule has 8 nitrogen and oxygen atoms in total. The van der Waals surface area contributed by atoms with Gasteiger partial charge < -0.3 is 9.88 Å². The first kappa shape index (κ1) is 18.9. The summed E-state index contributed by atoms with van der Waals surface area (Å²) in [5.41, 5.74) is 0.561. The van der Waals surface area contributed by atoms with Crippen molar-refractivity contribution in [1.82, 2.24) is 19.1 Å². The van der Waals surface area contributed by atoms with Crippen LogP contribution in [0.15, 0.2) is 40.6 Å². The monoisotopic (exact) mass is 395 g/mol. The van der Waals surface area contributed by atoms with Crippen LogP contribution >= 0.6 is 11.8 Å². The maximum atomic E-state index is 12.6. The molecule has 1 aliphatic rings. The van der Waals surface area contributed by atoms with E-state index in [2.05, 4.69) is 15.5 Å². The average Bonchev–Trinajstić information content (AvgIpc) is 3.06. The molecule has 10 heteroatoms. The molecular weight excluding hydrogens is 374 g/mol. The second-order valence-corrected chi connectivity index (χ2v) is 8.93. The molecule has 1 aromatic heterocycles. The van der Waals surface area contributed by atoms with Crippen LogP contribution in [0.4, 0.5) is 5.69 Å². The molecule has 1 N–H and O–H groups in total. The number of aromatic nitrogens is 3. The fraction of sp³-hybridized carbons (Fsp3) is 0.438. The minimum Gasteiger partial charge on any atom is -0.325 e. The molecule has 140 valence electrons. The van der Waals surface area contributed by atoms with Gasteiger partial charge in [-0.3, -0.25) is 4.79 Å². The van der Waals surface area contributed by atoms with Crippen molar-refractivity contribution in [2.75, 3.05) is 24.2 Å². The van der Waals surface area contributed by atoms with Crippen molar-refractivity contribution < 1.29 is 13.2 Å². The molecule has 2 heterocycles. The van der Waals surface area contributed by atoms with E-state index < -0.39 is 10.0 Å². The molecule has 0 unspecified atom stereocenters. The first-order valence-corrected chi connectivity index (χ1v) is 10.8. The zero-order chi connectivity index (χ0) is 18.6. The van der Waals surface area contributed by atoms with Crippen molar-refractivity contribution in [1.29, 1.82) is 0 Å². The number of carbonyl (C=O) groups excluding carboxylic acids is 1. The average molecular weight is 396 g/mol. The summed E-state index contributed by atoms with van der Waals surface area (Å²) in [6, 6.07) is 6.30. The van der Waals surface area contributed by atoms with Crippen LogP contribution in [0.2, 0.25) is 0 Å².